The van der Waals surface area contributed by atoms with E-state index in [1.807, 2.05) is 7.05 Å². The maximum Gasteiger partial charge on any atom is 0.205 e. The number of aromatic nitrogens is 3. The summed E-state index contributed by atoms with van der Waals surface area (Å²) >= 11 is 3.06. The first-order valence-electron chi connectivity index (χ1n) is 5.26. The third kappa shape index (κ3) is 2.83. The van der Waals surface area contributed by atoms with Gasteiger partial charge in [0.1, 0.15) is 5.01 Å². The molecule has 0 atom stereocenters. The molecule has 98 valence electrons. The summed E-state index contributed by atoms with van der Waals surface area (Å²) in [6.45, 7) is 0.961. The molecule has 0 bridgehead atoms. The van der Waals surface area contributed by atoms with Crippen molar-refractivity contribution in [3.8, 4) is 9.88 Å². The minimum absolute atomic E-state index is 0.462. The Balaban J connectivity index is 2.34. The zero-order valence-corrected chi connectivity index (χ0v) is 12.0. The standard InChI is InChI=1S/C10H14N4O2S2/c1-11-10-14-13-9(18-10)8-6(4-15-2)12-7(17-8)5-16-3/h4-5H2,1-3H3,(H,11,14). The summed E-state index contributed by atoms with van der Waals surface area (Å²) in [7, 11) is 5.13. The summed E-state index contributed by atoms with van der Waals surface area (Å²) in [5.41, 5.74) is 0.883. The summed E-state index contributed by atoms with van der Waals surface area (Å²) in [6.07, 6.45) is 0. The van der Waals surface area contributed by atoms with Crippen LogP contribution in [0.15, 0.2) is 0 Å². The predicted octanol–water partition coefficient (Wildman–Crippen LogP) is 2.00. The summed E-state index contributed by atoms with van der Waals surface area (Å²) < 4.78 is 10.3. The molecule has 2 heterocycles. The fraction of sp³-hybridized carbons (Fsp3) is 0.500. The fourth-order valence-corrected chi connectivity index (χ4v) is 3.23. The lowest BCUT2D eigenvalue weighted by Gasteiger charge is -1.96. The topological polar surface area (TPSA) is 69.2 Å². The molecule has 0 amide bonds. The number of rotatable bonds is 6. The molecule has 18 heavy (non-hydrogen) atoms. The number of thiazole rings is 1. The molecule has 0 aromatic carbocycles. The van der Waals surface area contributed by atoms with Crippen molar-refractivity contribution in [3.05, 3.63) is 10.7 Å². The smallest absolute Gasteiger partial charge is 0.205 e. The van der Waals surface area contributed by atoms with E-state index in [2.05, 4.69) is 20.5 Å². The lowest BCUT2D eigenvalue weighted by atomic mass is 10.4. The zero-order valence-electron chi connectivity index (χ0n) is 10.4. The van der Waals surface area contributed by atoms with Gasteiger partial charge in [0.15, 0.2) is 5.01 Å². The summed E-state index contributed by atoms with van der Waals surface area (Å²) in [5.74, 6) is 0. The van der Waals surface area contributed by atoms with Crippen molar-refractivity contribution in [2.75, 3.05) is 26.6 Å². The van der Waals surface area contributed by atoms with Crippen LogP contribution < -0.4 is 5.32 Å². The lowest BCUT2D eigenvalue weighted by molar-refractivity contribution is 0.176. The Morgan fingerprint density at radius 3 is 2.50 bits per heavy atom. The van der Waals surface area contributed by atoms with Crippen molar-refractivity contribution >= 4 is 27.8 Å². The van der Waals surface area contributed by atoms with E-state index in [1.54, 1.807) is 25.6 Å². The molecule has 0 aliphatic heterocycles. The number of methoxy groups -OCH3 is 2. The Morgan fingerprint density at radius 1 is 1.11 bits per heavy atom. The molecule has 0 fully saturated rings. The van der Waals surface area contributed by atoms with Crippen molar-refractivity contribution in [1.29, 1.82) is 0 Å². The van der Waals surface area contributed by atoms with Crippen LogP contribution in [0, 0.1) is 0 Å². The van der Waals surface area contributed by atoms with Gasteiger partial charge in [-0.25, -0.2) is 4.98 Å². The largest absolute Gasteiger partial charge is 0.378 e. The van der Waals surface area contributed by atoms with Gasteiger partial charge < -0.3 is 14.8 Å². The van der Waals surface area contributed by atoms with Crippen molar-refractivity contribution in [2.24, 2.45) is 0 Å². The average molecular weight is 286 g/mol. The van der Waals surface area contributed by atoms with Gasteiger partial charge in [0, 0.05) is 21.3 Å². The minimum atomic E-state index is 0.462. The van der Waals surface area contributed by atoms with Crippen LogP contribution in [0.2, 0.25) is 0 Å². The molecule has 0 unspecified atom stereocenters. The summed E-state index contributed by atoms with van der Waals surface area (Å²) in [6, 6.07) is 0. The third-order valence-corrected chi connectivity index (χ3v) is 4.29. The molecular weight excluding hydrogens is 272 g/mol. The predicted molar refractivity (Wildman–Crippen MR) is 72.0 cm³/mol. The molecule has 2 rings (SSSR count). The van der Waals surface area contributed by atoms with E-state index in [4.69, 9.17) is 9.47 Å². The molecule has 0 aliphatic carbocycles. The van der Waals surface area contributed by atoms with Crippen LogP contribution in [-0.4, -0.2) is 36.4 Å². The highest BCUT2D eigenvalue weighted by atomic mass is 32.1. The second-order valence-electron chi connectivity index (χ2n) is 3.41. The normalized spacial score (nSPS) is 10.8. The zero-order chi connectivity index (χ0) is 13.0. The van der Waals surface area contributed by atoms with E-state index in [-0.39, 0.29) is 0 Å². The van der Waals surface area contributed by atoms with Gasteiger partial charge in [-0.2, -0.15) is 0 Å². The summed E-state index contributed by atoms with van der Waals surface area (Å²) in [4.78, 5) is 5.49. The number of nitrogens with one attached hydrogen (secondary N) is 1. The van der Waals surface area contributed by atoms with Gasteiger partial charge in [-0.1, -0.05) is 11.3 Å². The van der Waals surface area contributed by atoms with Crippen LogP contribution in [-0.2, 0) is 22.7 Å². The maximum atomic E-state index is 5.16. The average Bonchev–Trinajstić information content (AvgIpc) is 2.96. The van der Waals surface area contributed by atoms with E-state index < -0.39 is 0 Å². The van der Waals surface area contributed by atoms with Crippen molar-refractivity contribution in [3.63, 3.8) is 0 Å². The van der Waals surface area contributed by atoms with Crippen LogP contribution >= 0.6 is 22.7 Å². The van der Waals surface area contributed by atoms with Gasteiger partial charge in [-0.05, 0) is 0 Å². The molecule has 2 aromatic rings. The Labute approximate surface area is 113 Å². The first-order valence-corrected chi connectivity index (χ1v) is 6.89. The van der Waals surface area contributed by atoms with Crippen LogP contribution in [0.1, 0.15) is 10.7 Å². The fourth-order valence-electron chi connectivity index (χ4n) is 1.40. The monoisotopic (exact) mass is 286 g/mol. The van der Waals surface area contributed by atoms with Gasteiger partial charge in [0.05, 0.1) is 23.8 Å². The van der Waals surface area contributed by atoms with E-state index in [9.17, 15) is 0 Å². The van der Waals surface area contributed by atoms with Gasteiger partial charge in [0.2, 0.25) is 5.13 Å². The number of hydrogen-bond donors (Lipinski definition) is 1. The Bertz CT molecular complexity index is 512. The van der Waals surface area contributed by atoms with Crippen LogP contribution in [0.5, 0.6) is 0 Å². The molecular formula is C10H14N4O2S2. The molecule has 0 saturated carbocycles. The second-order valence-corrected chi connectivity index (χ2v) is 5.47. The minimum Gasteiger partial charge on any atom is -0.378 e. The SMILES string of the molecule is CNc1nnc(-c2sc(COC)nc2COC)s1. The summed E-state index contributed by atoms with van der Waals surface area (Å²) in [5, 5.41) is 13.7. The number of nitrogens with zero attached hydrogens (tertiary/aromatic N) is 3. The highest BCUT2D eigenvalue weighted by Crippen LogP contribution is 2.34. The molecule has 2 aromatic heterocycles. The van der Waals surface area contributed by atoms with Gasteiger partial charge >= 0.3 is 0 Å². The number of hydrogen-bond acceptors (Lipinski definition) is 8. The second kappa shape index (κ2) is 6.19. The van der Waals surface area contributed by atoms with Crippen LogP contribution in [0.3, 0.4) is 0 Å². The van der Waals surface area contributed by atoms with Gasteiger partial charge in [0.25, 0.3) is 0 Å². The van der Waals surface area contributed by atoms with Crippen molar-refractivity contribution in [2.45, 2.75) is 13.2 Å². The Hall–Kier alpha value is -1.09. The Kier molecular flexibility index (Phi) is 4.59. The van der Waals surface area contributed by atoms with Gasteiger partial charge in [-0.15, -0.1) is 21.5 Å². The maximum absolute atomic E-state index is 5.16. The van der Waals surface area contributed by atoms with Gasteiger partial charge in [-0.3, -0.25) is 0 Å². The number of anilines is 1. The first kappa shape index (κ1) is 13.3. The first-order chi connectivity index (χ1) is 8.78. The molecule has 6 nitrogen and oxygen atoms in total. The molecule has 8 heteroatoms. The van der Waals surface area contributed by atoms with Crippen molar-refractivity contribution < 1.29 is 9.47 Å². The molecule has 0 saturated heterocycles. The van der Waals surface area contributed by atoms with Crippen LogP contribution in [0.25, 0.3) is 9.88 Å². The van der Waals surface area contributed by atoms with E-state index in [0.29, 0.717) is 13.2 Å². The highest BCUT2D eigenvalue weighted by molar-refractivity contribution is 7.23. The Morgan fingerprint density at radius 2 is 1.89 bits per heavy atom. The van der Waals surface area contributed by atoms with Crippen molar-refractivity contribution in [1.82, 2.24) is 15.2 Å². The quantitative estimate of drug-likeness (QED) is 0.876. The van der Waals surface area contributed by atoms with Crippen LogP contribution in [0.4, 0.5) is 5.13 Å². The molecule has 0 radical (unpaired) electrons. The third-order valence-electron chi connectivity index (χ3n) is 2.12. The number of ether oxygens (including phenoxy) is 2. The van der Waals surface area contributed by atoms with E-state index in [0.717, 1.165) is 25.7 Å². The molecule has 0 aliphatic rings. The molecule has 1 N–H and O–H groups in total. The van der Waals surface area contributed by atoms with E-state index in [1.165, 1.54) is 11.3 Å². The highest BCUT2D eigenvalue weighted by Gasteiger charge is 2.16. The lowest BCUT2D eigenvalue weighted by Crippen LogP contribution is -1.92. The molecule has 0 spiro atoms. The van der Waals surface area contributed by atoms with E-state index >= 15 is 0 Å².